The number of carbonyl (C=O) groups is 2. The minimum Gasteiger partial charge on any atom is -0.444 e. The van der Waals surface area contributed by atoms with Gasteiger partial charge in [0.15, 0.2) is 0 Å². The van der Waals surface area contributed by atoms with Gasteiger partial charge in [-0.15, -0.1) is 0 Å². The summed E-state index contributed by atoms with van der Waals surface area (Å²) in [6.07, 6.45) is 8.07. The Labute approximate surface area is 227 Å². The van der Waals surface area contributed by atoms with E-state index in [4.69, 9.17) is 24.0 Å². The van der Waals surface area contributed by atoms with Crippen LogP contribution in [0.2, 0.25) is 0 Å². The van der Waals surface area contributed by atoms with E-state index in [0.717, 1.165) is 37.6 Å². The average molecular weight is 529 g/mol. The van der Waals surface area contributed by atoms with Gasteiger partial charge in [-0.25, -0.2) is 14.8 Å². The second-order valence-corrected chi connectivity index (χ2v) is 12.8. The molecule has 2 atom stereocenters. The van der Waals surface area contributed by atoms with E-state index < -0.39 is 36.1 Å². The summed E-state index contributed by atoms with van der Waals surface area (Å²) in [5, 5.41) is 2.70. The zero-order chi connectivity index (χ0) is 27.9. The molecule has 38 heavy (non-hydrogen) atoms. The number of piperidine rings is 1. The van der Waals surface area contributed by atoms with E-state index in [1.807, 2.05) is 32.6 Å². The van der Waals surface area contributed by atoms with Gasteiger partial charge in [-0.05, 0) is 87.5 Å². The smallest absolute Gasteiger partial charge is 0.444 e. The molecule has 1 saturated carbocycles. The van der Waals surface area contributed by atoms with Crippen molar-refractivity contribution < 1.29 is 23.6 Å². The van der Waals surface area contributed by atoms with Crippen LogP contribution in [0.5, 0.6) is 0 Å². The number of likely N-dealkylation sites (tertiary alicyclic amines) is 1. The minimum absolute atomic E-state index is 0.0195. The minimum atomic E-state index is -0.671. The molecule has 0 spiro atoms. The number of aromatic nitrogens is 2. The summed E-state index contributed by atoms with van der Waals surface area (Å²) in [5.41, 5.74) is -0.686. The first-order chi connectivity index (χ1) is 17.7. The summed E-state index contributed by atoms with van der Waals surface area (Å²) in [4.78, 5) is 39.2. The Morgan fingerprint density at radius 1 is 1.13 bits per heavy atom. The van der Waals surface area contributed by atoms with Crippen LogP contribution < -0.4 is 15.7 Å². The van der Waals surface area contributed by atoms with Crippen LogP contribution >= 0.6 is 0 Å². The molecule has 3 fully saturated rings. The van der Waals surface area contributed by atoms with E-state index in [1.165, 1.54) is 0 Å². The molecule has 210 valence electrons. The van der Waals surface area contributed by atoms with Crippen molar-refractivity contribution in [3.8, 4) is 0 Å². The fourth-order valence-electron chi connectivity index (χ4n) is 4.86. The molecule has 4 rings (SSSR count). The third-order valence-electron chi connectivity index (χ3n) is 7.85. The summed E-state index contributed by atoms with van der Waals surface area (Å²) in [6.45, 7) is 16.6. The first-order valence-electron chi connectivity index (χ1n) is 13.9. The first-order valence-corrected chi connectivity index (χ1v) is 13.9. The van der Waals surface area contributed by atoms with Gasteiger partial charge in [0.1, 0.15) is 11.6 Å². The van der Waals surface area contributed by atoms with Crippen LogP contribution in [-0.2, 0) is 18.8 Å². The second kappa shape index (κ2) is 10.6. The zero-order valence-corrected chi connectivity index (χ0v) is 24.2. The van der Waals surface area contributed by atoms with Crippen molar-refractivity contribution in [2.75, 3.05) is 18.0 Å². The number of nitrogens with zero attached hydrogens (tertiary/aromatic N) is 4. The van der Waals surface area contributed by atoms with Gasteiger partial charge in [-0.3, -0.25) is 4.79 Å². The Bertz CT molecular complexity index is 992. The highest BCUT2D eigenvalue weighted by atomic mass is 16.7. The highest BCUT2D eigenvalue weighted by Gasteiger charge is 2.52. The number of anilines is 1. The lowest BCUT2D eigenvalue weighted by atomic mass is 9.81. The number of alkyl carbamates (subject to hydrolysis) is 1. The molecule has 0 aromatic carbocycles. The summed E-state index contributed by atoms with van der Waals surface area (Å²) in [5.74, 6) is 0.569. The molecule has 1 aliphatic carbocycles. The lowest BCUT2D eigenvalue weighted by Crippen LogP contribution is -2.56. The Kier molecular flexibility index (Phi) is 8.01. The van der Waals surface area contributed by atoms with Gasteiger partial charge in [0, 0.05) is 43.0 Å². The summed E-state index contributed by atoms with van der Waals surface area (Å²) >= 11 is 0. The van der Waals surface area contributed by atoms with Crippen molar-refractivity contribution in [2.45, 2.75) is 122 Å². The van der Waals surface area contributed by atoms with Crippen molar-refractivity contribution in [1.82, 2.24) is 20.2 Å². The highest BCUT2D eigenvalue weighted by molar-refractivity contribution is 6.61. The summed E-state index contributed by atoms with van der Waals surface area (Å²) in [6, 6.07) is -0.282. The van der Waals surface area contributed by atoms with Crippen molar-refractivity contribution >= 4 is 30.5 Å². The van der Waals surface area contributed by atoms with Gasteiger partial charge in [0.25, 0.3) is 0 Å². The SMILES string of the molecule is C[C@@H](NC(=O)OC(C)(C)C)C(=O)N1CCCC[C@@H]1CN(c1ncc(B2OC(C)(C)C(C)(C)O2)cn1)C1CC1. The zero-order valence-electron chi connectivity index (χ0n) is 24.2. The molecule has 0 radical (unpaired) electrons. The van der Waals surface area contributed by atoms with E-state index in [0.29, 0.717) is 25.1 Å². The molecular weight excluding hydrogens is 485 g/mol. The fraction of sp³-hybridized carbons (Fsp3) is 0.778. The quantitative estimate of drug-likeness (QED) is 0.538. The van der Waals surface area contributed by atoms with Gasteiger partial charge < -0.3 is 29.2 Å². The summed E-state index contributed by atoms with van der Waals surface area (Å²) in [7, 11) is -0.506. The van der Waals surface area contributed by atoms with E-state index in [-0.39, 0.29) is 11.9 Å². The van der Waals surface area contributed by atoms with Crippen LogP contribution in [0.1, 0.15) is 87.5 Å². The van der Waals surface area contributed by atoms with Crippen LogP contribution in [-0.4, -0.2) is 82.0 Å². The average Bonchev–Trinajstić information content (AvgIpc) is 3.62. The molecule has 2 amide bonds. The third kappa shape index (κ3) is 6.59. The molecule has 11 heteroatoms. The normalized spacial score (nSPS) is 23.6. The first kappa shape index (κ1) is 28.6. The number of nitrogens with one attached hydrogen (secondary N) is 1. The van der Waals surface area contributed by atoms with E-state index in [9.17, 15) is 9.59 Å². The third-order valence-corrected chi connectivity index (χ3v) is 7.85. The maximum Gasteiger partial charge on any atom is 0.498 e. The number of rotatable bonds is 7. The molecule has 1 aromatic rings. The highest BCUT2D eigenvalue weighted by Crippen LogP contribution is 2.36. The predicted molar refractivity (Wildman–Crippen MR) is 146 cm³/mol. The van der Waals surface area contributed by atoms with Crippen LogP contribution in [0, 0.1) is 0 Å². The molecule has 0 bridgehead atoms. The van der Waals surface area contributed by atoms with E-state index in [1.54, 1.807) is 40.1 Å². The molecular formula is C27H44BN5O5. The number of ether oxygens (including phenoxy) is 1. The standard InChI is InChI=1S/C27H44BN5O5/c1-18(31-24(35)36-25(2,3)4)22(34)32-14-10-9-11-21(32)17-33(20-12-13-20)23-29-15-19(16-30-23)28-37-26(5,6)27(7,8)38-28/h15-16,18,20-21H,9-14,17H2,1-8H3,(H,31,35)/t18-,21-/m1/s1. The molecule has 2 saturated heterocycles. The summed E-state index contributed by atoms with van der Waals surface area (Å²) < 4.78 is 17.6. The van der Waals surface area contributed by atoms with Gasteiger partial charge in [0.05, 0.1) is 11.2 Å². The lowest BCUT2D eigenvalue weighted by Gasteiger charge is -2.40. The van der Waals surface area contributed by atoms with E-state index >= 15 is 0 Å². The largest absolute Gasteiger partial charge is 0.498 e. The van der Waals surface area contributed by atoms with Crippen LogP contribution in [0.25, 0.3) is 0 Å². The molecule has 2 aliphatic heterocycles. The maximum absolute atomic E-state index is 13.4. The second-order valence-electron chi connectivity index (χ2n) is 12.8. The van der Waals surface area contributed by atoms with Crippen molar-refractivity contribution in [3.05, 3.63) is 12.4 Å². The molecule has 0 unspecified atom stereocenters. The Balaban J connectivity index is 1.43. The lowest BCUT2D eigenvalue weighted by molar-refractivity contribution is -0.136. The van der Waals surface area contributed by atoms with Gasteiger partial charge in [0.2, 0.25) is 11.9 Å². The number of hydrogen-bond donors (Lipinski definition) is 1. The van der Waals surface area contributed by atoms with Gasteiger partial charge in [-0.1, -0.05) is 0 Å². The Morgan fingerprint density at radius 2 is 1.74 bits per heavy atom. The number of carbonyl (C=O) groups excluding carboxylic acids is 2. The van der Waals surface area contributed by atoms with Crippen molar-refractivity contribution in [1.29, 1.82) is 0 Å². The predicted octanol–water partition coefficient (Wildman–Crippen LogP) is 3.04. The van der Waals surface area contributed by atoms with Crippen LogP contribution in [0.4, 0.5) is 10.7 Å². The van der Waals surface area contributed by atoms with Crippen LogP contribution in [0.3, 0.4) is 0 Å². The van der Waals surface area contributed by atoms with Gasteiger partial charge in [-0.2, -0.15) is 0 Å². The molecule has 1 aromatic heterocycles. The fourth-order valence-corrected chi connectivity index (χ4v) is 4.86. The van der Waals surface area contributed by atoms with Crippen LogP contribution in [0.15, 0.2) is 12.4 Å². The molecule has 1 N–H and O–H groups in total. The molecule has 10 nitrogen and oxygen atoms in total. The topological polar surface area (TPSA) is 106 Å². The maximum atomic E-state index is 13.4. The molecule has 3 heterocycles. The van der Waals surface area contributed by atoms with Crippen molar-refractivity contribution in [2.24, 2.45) is 0 Å². The monoisotopic (exact) mass is 529 g/mol. The number of hydrogen-bond acceptors (Lipinski definition) is 8. The number of amides is 2. The Hall–Kier alpha value is -2.40. The van der Waals surface area contributed by atoms with E-state index in [2.05, 4.69) is 10.2 Å². The van der Waals surface area contributed by atoms with Crippen molar-refractivity contribution in [3.63, 3.8) is 0 Å². The van der Waals surface area contributed by atoms with Gasteiger partial charge >= 0.3 is 13.2 Å². The Morgan fingerprint density at radius 3 is 2.29 bits per heavy atom. The molecule has 3 aliphatic rings.